The summed E-state index contributed by atoms with van der Waals surface area (Å²) in [5, 5.41) is 11.5. The van der Waals surface area contributed by atoms with Crippen LogP contribution in [0.3, 0.4) is 0 Å². The van der Waals surface area contributed by atoms with Crippen molar-refractivity contribution in [1.29, 1.82) is 0 Å². The van der Waals surface area contributed by atoms with E-state index in [0.29, 0.717) is 22.6 Å². The molecule has 0 aromatic heterocycles. The Morgan fingerprint density at radius 3 is 2.45 bits per heavy atom. The number of anilines is 1. The van der Waals surface area contributed by atoms with Gasteiger partial charge in [-0.05, 0) is 55.7 Å². The van der Waals surface area contributed by atoms with E-state index in [1.165, 1.54) is 0 Å². The van der Waals surface area contributed by atoms with E-state index in [2.05, 4.69) is 4.99 Å². The number of benzene rings is 3. The predicted molar refractivity (Wildman–Crippen MR) is 115 cm³/mol. The smallest absolute Gasteiger partial charge is 0.336 e. The van der Waals surface area contributed by atoms with Gasteiger partial charge in [-0.1, -0.05) is 17.7 Å². The largest absolute Gasteiger partial charge is 0.478 e. The Bertz CT molecular complexity index is 1330. The zero-order valence-electron chi connectivity index (χ0n) is 16.8. The number of nitrogens with zero attached hydrogens (tertiary/aromatic N) is 1. The third kappa shape index (κ3) is 3.05. The first-order valence-electron chi connectivity index (χ1n) is 9.34. The summed E-state index contributed by atoms with van der Waals surface area (Å²) in [6, 6.07) is 13.1. The van der Waals surface area contributed by atoms with Crippen molar-refractivity contribution in [3.05, 3.63) is 70.1 Å². The molecule has 0 saturated carbocycles. The minimum atomic E-state index is -0.963. The summed E-state index contributed by atoms with van der Waals surface area (Å²) < 4.78 is 6.18. The van der Waals surface area contributed by atoms with Crippen molar-refractivity contribution in [2.45, 2.75) is 20.8 Å². The summed E-state index contributed by atoms with van der Waals surface area (Å²) in [6.07, 6.45) is 0. The number of carboxylic acid groups (broad SMARTS) is 1. The molecule has 2 aromatic carbocycles. The van der Waals surface area contributed by atoms with Crippen molar-refractivity contribution in [3.8, 4) is 22.5 Å². The lowest BCUT2D eigenvalue weighted by Gasteiger charge is -2.18. The van der Waals surface area contributed by atoms with Crippen LogP contribution in [0.1, 0.15) is 27.0 Å². The van der Waals surface area contributed by atoms with Gasteiger partial charge < -0.3 is 15.3 Å². The van der Waals surface area contributed by atoms with Crippen LogP contribution in [0, 0.1) is 20.8 Å². The van der Waals surface area contributed by atoms with Crippen LogP contribution in [0.5, 0.6) is 0 Å². The molecule has 3 N–H and O–H groups in total. The van der Waals surface area contributed by atoms with Gasteiger partial charge in [-0.15, -0.1) is 0 Å². The van der Waals surface area contributed by atoms with E-state index in [-0.39, 0.29) is 5.56 Å². The van der Waals surface area contributed by atoms with Gasteiger partial charge in [-0.2, -0.15) is 0 Å². The molecule has 1 heterocycles. The molecule has 5 heteroatoms. The van der Waals surface area contributed by atoms with Crippen LogP contribution in [0.25, 0.3) is 33.4 Å². The maximum Gasteiger partial charge on any atom is 0.336 e. The van der Waals surface area contributed by atoms with Crippen molar-refractivity contribution in [1.82, 2.24) is 0 Å². The fourth-order valence-electron chi connectivity index (χ4n) is 3.79. The topological polar surface area (TPSA) is 88.8 Å². The van der Waals surface area contributed by atoms with Crippen LogP contribution in [0.15, 0.2) is 51.9 Å². The molecular weight excluding hydrogens is 364 g/mol. The third-order valence-electron chi connectivity index (χ3n) is 5.34. The Morgan fingerprint density at radius 1 is 1.00 bits per heavy atom. The predicted octanol–water partition coefficient (Wildman–Crippen LogP) is 4.94. The highest BCUT2D eigenvalue weighted by atomic mass is 16.4. The first-order chi connectivity index (χ1) is 13.8. The lowest BCUT2D eigenvalue weighted by atomic mass is 9.88. The quantitative estimate of drug-likeness (QED) is 0.377. The minimum absolute atomic E-state index is 0.259. The fourth-order valence-corrected chi connectivity index (χ4v) is 3.79. The average Bonchev–Trinajstić information content (AvgIpc) is 2.67. The van der Waals surface area contributed by atoms with Gasteiger partial charge in [0.1, 0.15) is 11.3 Å². The van der Waals surface area contributed by atoms with E-state index >= 15 is 0 Å². The third-order valence-corrected chi connectivity index (χ3v) is 5.34. The van der Waals surface area contributed by atoms with E-state index in [0.717, 1.165) is 38.6 Å². The molecule has 4 rings (SSSR count). The highest BCUT2D eigenvalue weighted by molar-refractivity contribution is 6.08. The monoisotopic (exact) mass is 386 g/mol. The van der Waals surface area contributed by atoms with Gasteiger partial charge >= 0.3 is 5.97 Å². The summed E-state index contributed by atoms with van der Waals surface area (Å²) in [5.41, 5.74) is 12.7. The lowest BCUT2D eigenvalue weighted by molar-refractivity contribution is 0.0697. The summed E-state index contributed by atoms with van der Waals surface area (Å²) in [4.78, 5) is 16.4. The second-order valence-corrected chi connectivity index (χ2v) is 7.39. The van der Waals surface area contributed by atoms with Gasteiger partial charge in [0.05, 0.1) is 10.9 Å². The fraction of sp³-hybridized carbons (Fsp3) is 0.167. The van der Waals surface area contributed by atoms with Crippen LogP contribution >= 0.6 is 0 Å². The number of rotatable bonds is 2. The van der Waals surface area contributed by atoms with Crippen molar-refractivity contribution < 1.29 is 14.3 Å². The molecule has 2 aliphatic rings. The highest BCUT2D eigenvalue weighted by Gasteiger charge is 2.22. The number of nitrogens with two attached hydrogens (primary N) is 1. The molecule has 1 aliphatic heterocycles. The number of carboxylic acids is 1. The Kier molecular flexibility index (Phi) is 4.38. The number of nitrogen functional groups attached to an aromatic ring is 1. The zero-order valence-corrected chi connectivity index (χ0v) is 16.8. The molecule has 2 aromatic rings. The second kappa shape index (κ2) is 6.78. The molecule has 146 valence electrons. The average molecular weight is 386 g/mol. The molecular formula is C24H22N2O3. The van der Waals surface area contributed by atoms with E-state index in [9.17, 15) is 9.90 Å². The van der Waals surface area contributed by atoms with Crippen molar-refractivity contribution in [3.63, 3.8) is 0 Å². The summed E-state index contributed by atoms with van der Waals surface area (Å²) in [5.74, 6) is -0.325. The van der Waals surface area contributed by atoms with Crippen molar-refractivity contribution in [2.75, 3.05) is 12.8 Å². The minimum Gasteiger partial charge on any atom is -0.478 e. The number of hydrogen-bond donors (Lipinski definition) is 2. The SMILES string of the molecule is CN=c1cc2oc3cc(N)c(C)cc3c(-c3ccc(C)cc3C(=O)O)c-2cc1C. The Balaban J connectivity index is 2.26. The maximum absolute atomic E-state index is 12.0. The molecule has 0 saturated heterocycles. The molecule has 0 bridgehead atoms. The van der Waals surface area contributed by atoms with Crippen LogP contribution in [0.4, 0.5) is 5.69 Å². The lowest BCUT2D eigenvalue weighted by Crippen LogP contribution is -2.08. The van der Waals surface area contributed by atoms with Crippen LogP contribution in [-0.4, -0.2) is 18.1 Å². The zero-order chi connectivity index (χ0) is 20.9. The summed E-state index contributed by atoms with van der Waals surface area (Å²) >= 11 is 0. The maximum atomic E-state index is 12.0. The Morgan fingerprint density at radius 2 is 1.76 bits per heavy atom. The Hall–Kier alpha value is -3.60. The summed E-state index contributed by atoms with van der Waals surface area (Å²) in [7, 11) is 1.74. The molecule has 0 amide bonds. The number of hydrogen-bond acceptors (Lipinski definition) is 4. The van der Waals surface area contributed by atoms with Gasteiger partial charge in [0.15, 0.2) is 0 Å². The van der Waals surface area contributed by atoms with Crippen molar-refractivity contribution >= 4 is 22.6 Å². The molecule has 0 radical (unpaired) electrons. The number of aromatic carboxylic acids is 1. The molecule has 5 nitrogen and oxygen atoms in total. The van der Waals surface area contributed by atoms with E-state index in [1.54, 1.807) is 19.2 Å². The number of aryl methyl sites for hydroxylation is 3. The van der Waals surface area contributed by atoms with Crippen LogP contribution in [-0.2, 0) is 0 Å². The Labute approximate surface area is 168 Å². The van der Waals surface area contributed by atoms with Gasteiger partial charge in [-0.25, -0.2) is 4.79 Å². The standard InChI is InChI=1S/C24H22N2O3/c1-12-5-6-15(16(7-12)24(27)28)23-17-8-13(2)19(25)10-21(17)29-22-11-20(26-4)14(3)9-18(22)23/h5-11H,25H2,1-4H3,(H,27,28). The van der Waals surface area contributed by atoms with E-state index in [4.69, 9.17) is 10.2 Å². The van der Waals surface area contributed by atoms with Gasteiger partial charge in [-0.3, -0.25) is 4.99 Å². The van der Waals surface area contributed by atoms with Gasteiger partial charge in [0.25, 0.3) is 0 Å². The molecule has 29 heavy (non-hydrogen) atoms. The summed E-state index contributed by atoms with van der Waals surface area (Å²) in [6.45, 7) is 5.80. The molecule has 0 fully saturated rings. The highest BCUT2D eigenvalue weighted by Crippen LogP contribution is 2.42. The molecule has 0 spiro atoms. The van der Waals surface area contributed by atoms with E-state index in [1.807, 2.05) is 51.1 Å². The van der Waals surface area contributed by atoms with Gasteiger partial charge in [0, 0.05) is 41.4 Å². The van der Waals surface area contributed by atoms with Crippen LogP contribution in [0.2, 0.25) is 0 Å². The molecule has 0 atom stereocenters. The number of carbonyl (C=O) groups is 1. The second-order valence-electron chi connectivity index (χ2n) is 7.39. The van der Waals surface area contributed by atoms with E-state index < -0.39 is 5.97 Å². The molecule has 1 aliphatic carbocycles. The first kappa shape index (κ1) is 18.7. The molecule has 0 unspecified atom stereocenters. The van der Waals surface area contributed by atoms with Crippen molar-refractivity contribution in [2.24, 2.45) is 4.99 Å². The normalized spacial score (nSPS) is 12.1. The van der Waals surface area contributed by atoms with Gasteiger partial charge in [0.2, 0.25) is 0 Å². The number of fused-ring (bicyclic) bond motifs is 2. The van der Waals surface area contributed by atoms with Crippen LogP contribution < -0.4 is 11.1 Å². The first-order valence-corrected chi connectivity index (χ1v) is 9.34.